The molecule has 1 heterocycles. The summed E-state index contributed by atoms with van der Waals surface area (Å²) in [5, 5.41) is 12.2. The number of hydrogen-bond acceptors (Lipinski definition) is 6. The van der Waals surface area contributed by atoms with Gasteiger partial charge < -0.3 is 23.7 Å². The molecule has 0 saturated heterocycles. The highest BCUT2D eigenvalue weighted by atomic mass is 16.5. The molecule has 0 aliphatic rings. The first-order valence-corrected chi connectivity index (χ1v) is 15.5. The molecular formula is C40H42O6. The van der Waals surface area contributed by atoms with Gasteiger partial charge >= 0.3 is 0 Å². The number of benzene rings is 4. The zero-order chi connectivity index (χ0) is 33.0. The zero-order valence-electron chi connectivity index (χ0n) is 27.7. The lowest BCUT2D eigenvalue weighted by Crippen LogP contribution is -2.10. The average molecular weight is 619 g/mol. The Balaban J connectivity index is 1.70. The lowest BCUT2D eigenvalue weighted by atomic mass is 9.98. The number of aryl methyl sites for hydroxylation is 2. The fourth-order valence-electron chi connectivity index (χ4n) is 5.36. The molecule has 0 bridgehead atoms. The SMILES string of the molecule is COc1c(OCc2ccc(C)cc2)cc2oc3cc(OCc4ccc(C)cc4)c(CC=C(C)C)c(O)c3c(=O)c2c1CC=C(C)C. The van der Waals surface area contributed by atoms with Crippen LogP contribution in [0.15, 0.2) is 93.2 Å². The van der Waals surface area contributed by atoms with Crippen molar-refractivity contribution in [3.8, 4) is 23.0 Å². The second-order valence-electron chi connectivity index (χ2n) is 12.3. The number of aromatic hydroxyl groups is 1. The molecule has 0 atom stereocenters. The van der Waals surface area contributed by atoms with Gasteiger partial charge in [0.2, 0.25) is 5.43 Å². The van der Waals surface area contributed by atoms with Gasteiger partial charge in [-0.3, -0.25) is 4.79 Å². The summed E-state index contributed by atoms with van der Waals surface area (Å²) in [5.41, 5.74) is 7.91. The van der Waals surface area contributed by atoms with Crippen LogP contribution in [0.5, 0.6) is 23.0 Å². The first-order valence-electron chi connectivity index (χ1n) is 15.5. The van der Waals surface area contributed by atoms with Gasteiger partial charge in [-0.2, -0.15) is 0 Å². The largest absolute Gasteiger partial charge is 0.507 e. The molecule has 6 heteroatoms. The number of hydrogen-bond donors (Lipinski definition) is 1. The van der Waals surface area contributed by atoms with Crippen LogP contribution in [0.25, 0.3) is 21.9 Å². The molecule has 1 aromatic heterocycles. The second-order valence-corrected chi connectivity index (χ2v) is 12.3. The molecular weight excluding hydrogens is 576 g/mol. The molecule has 0 fully saturated rings. The minimum Gasteiger partial charge on any atom is -0.507 e. The molecule has 4 aromatic carbocycles. The van der Waals surface area contributed by atoms with Gasteiger partial charge in [0.15, 0.2) is 11.5 Å². The van der Waals surface area contributed by atoms with Crippen molar-refractivity contribution in [2.45, 2.75) is 67.6 Å². The lowest BCUT2D eigenvalue weighted by molar-refractivity contribution is 0.283. The predicted octanol–water partition coefficient (Wildman–Crippen LogP) is 9.45. The van der Waals surface area contributed by atoms with E-state index in [1.165, 1.54) is 5.56 Å². The summed E-state index contributed by atoms with van der Waals surface area (Å²) in [4.78, 5) is 14.4. The minimum atomic E-state index is -0.335. The van der Waals surface area contributed by atoms with Crippen LogP contribution in [0.4, 0.5) is 0 Å². The van der Waals surface area contributed by atoms with Crippen LogP contribution in [-0.4, -0.2) is 12.2 Å². The van der Waals surface area contributed by atoms with Crippen LogP contribution >= 0.6 is 0 Å². The van der Waals surface area contributed by atoms with Gasteiger partial charge in [-0.1, -0.05) is 83.0 Å². The van der Waals surface area contributed by atoms with Crippen molar-refractivity contribution in [1.29, 1.82) is 0 Å². The van der Waals surface area contributed by atoms with Gasteiger partial charge in [-0.25, -0.2) is 0 Å². The molecule has 238 valence electrons. The van der Waals surface area contributed by atoms with Crippen molar-refractivity contribution in [1.82, 2.24) is 0 Å². The number of allylic oxidation sites excluding steroid dienone is 4. The Morgan fingerprint density at radius 3 is 1.72 bits per heavy atom. The van der Waals surface area contributed by atoms with Crippen LogP contribution in [0.1, 0.15) is 61.1 Å². The molecule has 0 radical (unpaired) electrons. The fraction of sp³-hybridized carbons (Fsp3) is 0.275. The molecule has 0 spiro atoms. The van der Waals surface area contributed by atoms with Gasteiger partial charge in [-0.15, -0.1) is 0 Å². The smallest absolute Gasteiger partial charge is 0.204 e. The predicted molar refractivity (Wildman–Crippen MR) is 185 cm³/mol. The van der Waals surface area contributed by atoms with Crippen LogP contribution in [-0.2, 0) is 26.1 Å². The maximum atomic E-state index is 14.4. The van der Waals surface area contributed by atoms with E-state index in [4.69, 9.17) is 18.6 Å². The van der Waals surface area contributed by atoms with E-state index in [2.05, 4.69) is 0 Å². The summed E-state index contributed by atoms with van der Waals surface area (Å²) in [6.45, 7) is 12.7. The van der Waals surface area contributed by atoms with Gasteiger partial charge in [0.05, 0.1) is 12.5 Å². The molecule has 0 aliphatic heterocycles. The van der Waals surface area contributed by atoms with Crippen molar-refractivity contribution < 1.29 is 23.7 Å². The van der Waals surface area contributed by atoms with E-state index in [0.717, 1.165) is 27.8 Å². The van der Waals surface area contributed by atoms with Crippen molar-refractivity contribution in [3.05, 3.63) is 128 Å². The van der Waals surface area contributed by atoms with Crippen LogP contribution in [0, 0.1) is 13.8 Å². The summed E-state index contributed by atoms with van der Waals surface area (Å²) in [6.07, 6.45) is 4.85. The molecule has 5 aromatic rings. The maximum Gasteiger partial charge on any atom is 0.204 e. The first-order chi connectivity index (χ1) is 22.0. The molecule has 46 heavy (non-hydrogen) atoms. The number of rotatable bonds is 11. The van der Waals surface area contributed by atoms with E-state index in [-0.39, 0.29) is 22.1 Å². The van der Waals surface area contributed by atoms with Crippen LogP contribution in [0.2, 0.25) is 0 Å². The monoisotopic (exact) mass is 618 g/mol. The number of ether oxygens (including phenoxy) is 3. The van der Waals surface area contributed by atoms with Crippen molar-refractivity contribution in [2.75, 3.05) is 7.11 Å². The summed E-state index contributed by atoms with van der Waals surface area (Å²) in [7, 11) is 1.57. The first kappa shape index (κ1) is 32.4. The fourth-order valence-corrected chi connectivity index (χ4v) is 5.36. The van der Waals surface area contributed by atoms with Crippen molar-refractivity contribution in [3.63, 3.8) is 0 Å². The maximum absolute atomic E-state index is 14.4. The summed E-state index contributed by atoms with van der Waals surface area (Å²) < 4.78 is 24.9. The third-order valence-electron chi connectivity index (χ3n) is 7.97. The summed E-state index contributed by atoms with van der Waals surface area (Å²) >= 11 is 0. The highest BCUT2D eigenvalue weighted by Crippen LogP contribution is 2.42. The molecule has 0 saturated carbocycles. The Kier molecular flexibility index (Phi) is 9.86. The standard InChI is InChI=1S/C40H42O6/c1-24(2)8-18-30-32(44-22-28-14-10-26(5)11-15-28)20-34-37(38(30)41)39(42)36-31(19-9-25(3)4)40(43-7)35(21-33(36)46-34)45-23-29-16-12-27(6)13-17-29/h8-17,20-21,41H,18-19,22-23H2,1-7H3. The van der Waals surface area contributed by atoms with Gasteiger partial charge in [0.1, 0.15) is 41.3 Å². The summed E-state index contributed by atoms with van der Waals surface area (Å²) in [5.74, 6) is 1.25. The highest BCUT2D eigenvalue weighted by Gasteiger charge is 2.24. The zero-order valence-corrected chi connectivity index (χ0v) is 27.7. The second kappa shape index (κ2) is 14.0. The van der Waals surface area contributed by atoms with E-state index in [1.54, 1.807) is 19.2 Å². The third-order valence-corrected chi connectivity index (χ3v) is 7.97. The number of fused-ring (bicyclic) bond motifs is 2. The van der Waals surface area contributed by atoms with Crippen LogP contribution < -0.4 is 19.6 Å². The van der Waals surface area contributed by atoms with Crippen molar-refractivity contribution in [2.24, 2.45) is 0 Å². The molecule has 0 amide bonds. The number of methoxy groups -OCH3 is 1. The Morgan fingerprint density at radius 2 is 1.20 bits per heavy atom. The molecule has 6 nitrogen and oxygen atoms in total. The number of phenols is 1. The Bertz CT molecular complexity index is 1990. The Hall–Kier alpha value is -4.97. The van der Waals surface area contributed by atoms with E-state index in [0.29, 0.717) is 65.4 Å². The average Bonchev–Trinajstić information content (AvgIpc) is 3.02. The van der Waals surface area contributed by atoms with Crippen molar-refractivity contribution >= 4 is 21.9 Å². The van der Waals surface area contributed by atoms with E-state index in [9.17, 15) is 9.90 Å². The summed E-state index contributed by atoms with van der Waals surface area (Å²) in [6, 6.07) is 19.6. The Morgan fingerprint density at radius 1 is 0.717 bits per heavy atom. The van der Waals surface area contributed by atoms with Gasteiger partial charge in [0.25, 0.3) is 0 Å². The van der Waals surface area contributed by atoms with E-state index in [1.807, 2.05) is 102 Å². The minimum absolute atomic E-state index is 0.112. The molecule has 0 unspecified atom stereocenters. The topological polar surface area (TPSA) is 78.1 Å². The van der Waals surface area contributed by atoms with Gasteiger partial charge in [0, 0.05) is 23.3 Å². The molecule has 5 rings (SSSR count). The van der Waals surface area contributed by atoms with Gasteiger partial charge in [-0.05, 0) is 65.5 Å². The van der Waals surface area contributed by atoms with Crippen LogP contribution in [0.3, 0.4) is 0 Å². The quantitative estimate of drug-likeness (QED) is 0.117. The molecule has 0 aliphatic carbocycles. The van der Waals surface area contributed by atoms with E-state index >= 15 is 0 Å². The molecule has 1 N–H and O–H groups in total. The normalized spacial score (nSPS) is 11.0. The lowest BCUT2D eigenvalue weighted by Gasteiger charge is -2.18. The highest BCUT2D eigenvalue weighted by molar-refractivity contribution is 5.98. The van der Waals surface area contributed by atoms with E-state index < -0.39 is 0 Å². The Labute approximate surface area is 270 Å². The third kappa shape index (κ3) is 7.12. The number of phenolic OH excluding ortho intramolecular Hbond substituents is 1.